The molecule has 2 aliphatic heterocycles. The molecule has 2 aromatic carbocycles. The fourth-order valence-corrected chi connectivity index (χ4v) is 7.36. The van der Waals surface area contributed by atoms with Gasteiger partial charge in [0.25, 0.3) is 0 Å². The molecule has 0 unspecified atom stereocenters. The van der Waals surface area contributed by atoms with Crippen molar-refractivity contribution in [2.45, 2.75) is 75.5 Å². The van der Waals surface area contributed by atoms with E-state index in [1.54, 1.807) is 0 Å². The molecule has 0 aromatic heterocycles. The number of likely N-dealkylation sites (N-methyl/N-ethyl adjacent to an activating group) is 4. The number of nitrogens with zero attached hydrogens (tertiary/aromatic N) is 8. The number of nitriles is 4. The molecule has 2 saturated carbocycles. The van der Waals surface area contributed by atoms with Crippen LogP contribution in [0.25, 0.3) is 0 Å². The maximum absolute atomic E-state index is 9.20. The van der Waals surface area contributed by atoms with Crippen molar-refractivity contribution < 1.29 is 0 Å². The summed E-state index contributed by atoms with van der Waals surface area (Å²) in [6, 6.07) is 18.1. The first-order chi connectivity index (χ1) is 19.3. The molecule has 2 heterocycles. The van der Waals surface area contributed by atoms with Crippen molar-refractivity contribution in [1.29, 1.82) is 21.0 Å². The number of hydrogen-bond acceptors (Lipinski definition) is 8. The van der Waals surface area contributed by atoms with Crippen molar-refractivity contribution >= 4 is 22.7 Å². The average Bonchev–Trinajstić information content (AvgIpc) is 3.01. The van der Waals surface area contributed by atoms with Crippen LogP contribution in [0.3, 0.4) is 0 Å². The van der Waals surface area contributed by atoms with Crippen molar-refractivity contribution in [3.8, 4) is 24.3 Å². The van der Waals surface area contributed by atoms with Gasteiger partial charge in [-0.05, 0) is 49.9 Å². The topological polar surface area (TPSA) is 108 Å². The summed E-state index contributed by atoms with van der Waals surface area (Å²) in [7, 11) is 8.45. The maximum Gasteiger partial charge on any atom is 0.101 e. The van der Waals surface area contributed by atoms with Crippen LogP contribution in [0.4, 0.5) is 22.7 Å². The van der Waals surface area contributed by atoms with Gasteiger partial charge in [-0.15, -0.1) is 0 Å². The van der Waals surface area contributed by atoms with Crippen LogP contribution in [-0.4, -0.2) is 52.4 Å². The Hall–Kier alpha value is -4.40. The second-order valence-electron chi connectivity index (χ2n) is 11.5. The van der Waals surface area contributed by atoms with Gasteiger partial charge in [0.05, 0.1) is 45.0 Å². The van der Waals surface area contributed by atoms with Gasteiger partial charge in [0.1, 0.15) is 24.3 Å². The monoisotopic (exact) mass is 532 g/mol. The Morgan fingerprint density at radius 1 is 0.450 bits per heavy atom. The number of rotatable bonds is 0. The summed E-state index contributed by atoms with van der Waals surface area (Å²) in [6.07, 6.45) is 9.90. The first-order valence-electron chi connectivity index (χ1n) is 14.2. The third-order valence-electron chi connectivity index (χ3n) is 9.61. The number of hydrogen-bond donors (Lipinski definition) is 0. The van der Waals surface area contributed by atoms with Gasteiger partial charge in [0, 0.05) is 52.4 Å². The van der Waals surface area contributed by atoms with Crippen LogP contribution in [0.15, 0.2) is 24.3 Å². The lowest BCUT2D eigenvalue weighted by Gasteiger charge is -2.50. The van der Waals surface area contributed by atoms with E-state index in [9.17, 15) is 21.0 Å². The van der Waals surface area contributed by atoms with Crippen molar-refractivity contribution in [3.63, 3.8) is 0 Å². The molecule has 4 atom stereocenters. The molecule has 0 N–H and O–H groups in total. The van der Waals surface area contributed by atoms with Gasteiger partial charge in [-0.25, -0.2) is 0 Å². The summed E-state index contributed by atoms with van der Waals surface area (Å²) in [5.41, 5.74) is 6.19. The number of fused-ring (bicyclic) bond motifs is 4. The molecule has 0 spiro atoms. The maximum atomic E-state index is 9.20. The zero-order valence-electron chi connectivity index (χ0n) is 23.9. The van der Waals surface area contributed by atoms with E-state index in [1.807, 2.05) is 24.3 Å². The highest BCUT2D eigenvalue weighted by molar-refractivity contribution is 5.79. The quantitative estimate of drug-likeness (QED) is 0.452. The van der Waals surface area contributed by atoms with Crippen molar-refractivity contribution in [1.82, 2.24) is 0 Å². The lowest BCUT2D eigenvalue weighted by atomic mass is 9.85. The molecule has 0 amide bonds. The predicted octanol–water partition coefficient (Wildman–Crippen LogP) is 5.25. The smallest absolute Gasteiger partial charge is 0.101 e. The van der Waals surface area contributed by atoms with E-state index in [4.69, 9.17) is 0 Å². The second-order valence-corrected chi connectivity index (χ2v) is 11.5. The van der Waals surface area contributed by atoms with Crippen molar-refractivity contribution in [2.24, 2.45) is 0 Å². The minimum absolute atomic E-state index is 0.473. The van der Waals surface area contributed by atoms with Gasteiger partial charge in [0.2, 0.25) is 0 Å². The van der Waals surface area contributed by atoms with E-state index in [1.165, 1.54) is 51.4 Å². The highest BCUT2D eigenvalue weighted by Crippen LogP contribution is 2.44. The van der Waals surface area contributed by atoms with E-state index in [0.717, 1.165) is 22.7 Å². The second kappa shape index (κ2) is 11.0. The highest BCUT2D eigenvalue weighted by atomic mass is 15.3. The lowest BCUT2D eigenvalue weighted by Crippen LogP contribution is -2.55. The fraction of sp³-hybridized carbons (Fsp3) is 0.500. The molecule has 6 rings (SSSR count). The van der Waals surface area contributed by atoms with Crippen LogP contribution >= 0.6 is 0 Å². The molecule has 2 fully saturated rings. The number of anilines is 4. The Bertz CT molecular complexity index is 1250. The SMILES string of the molecule is CN1c2cc(C#N)c(C#N)cc2N(C)[C@@H]2CCCC[C@H]21.CN1c2cc(C#N)c(C#N)cc2N(C)[C@@H]2CCCC[C@H]21. The predicted molar refractivity (Wildman–Crippen MR) is 157 cm³/mol. The summed E-state index contributed by atoms with van der Waals surface area (Å²) < 4.78 is 0. The summed E-state index contributed by atoms with van der Waals surface area (Å²) >= 11 is 0. The number of benzene rings is 2. The Labute approximate surface area is 237 Å². The van der Waals surface area contributed by atoms with Gasteiger partial charge in [-0.3, -0.25) is 0 Å². The molecule has 0 saturated heterocycles. The third-order valence-corrected chi connectivity index (χ3v) is 9.61. The van der Waals surface area contributed by atoms with Crippen molar-refractivity contribution in [3.05, 3.63) is 46.5 Å². The molecule has 40 heavy (non-hydrogen) atoms. The van der Waals surface area contributed by atoms with Crippen LogP contribution in [0.2, 0.25) is 0 Å². The summed E-state index contributed by atoms with van der Waals surface area (Å²) in [4.78, 5) is 9.23. The van der Waals surface area contributed by atoms with E-state index in [-0.39, 0.29) is 0 Å². The summed E-state index contributed by atoms with van der Waals surface area (Å²) in [5, 5.41) is 36.8. The normalized spacial score (nSPS) is 24.4. The van der Waals surface area contributed by atoms with E-state index in [0.29, 0.717) is 46.4 Å². The Balaban J connectivity index is 0.000000161. The fourth-order valence-electron chi connectivity index (χ4n) is 7.36. The van der Waals surface area contributed by atoms with Crippen LogP contribution in [0, 0.1) is 45.3 Å². The van der Waals surface area contributed by atoms with Crippen LogP contribution in [0.5, 0.6) is 0 Å². The van der Waals surface area contributed by atoms with Crippen LogP contribution in [-0.2, 0) is 0 Å². The standard InChI is InChI=1S/2C16H18N4/c2*1-19-13-5-3-4-6-14(13)20(2)16-8-12(10-18)11(9-17)7-15(16)19/h2*7-8,13-14H,3-6H2,1-2H3/t2*13-,14-/m11/s1. The van der Waals surface area contributed by atoms with Crippen LogP contribution in [0.1, 0.15) is 73.6 Å². The zero-order valence-corrected chi connectivity index (χ0v) is 23.9. The minimum Gasteiger partial charge on any atom is -0.368 e. The van der Waals surface area contributed by atoms with Gasteiger partial charge in [0.15, 0.2) is 0 Å². The first kappa shape index (κ1) is 27.2. The minimum atomic E-state index is 0.473. The molecule has 4 aliphatic rings. The molecule has 0 radical (unpaired) electrons. The molecular formula is C32H36N8. The molecule has 0 bridgehead atoms. The van der Waals surface area contributed by atoms with E-state index in [2.05, 4.69) is 72.1 Å². The molecule has 204 valence electrons. The van der Waals surface area contributed by atoms with Crippen LogP contribution < -0.4 is 19.6 Å². The summed E-state index contributed by atoms with van der Waals surface area (Å²) in [6.45, 7) is 0. The molecular weight excluding hydrogens is 496 g/mol. The lowest BCUT2D eigenvalue weighted by molar-refractivity contribution is 0.354. The van der Waals surface area contributed by atoms with Crippen molar-refractivity contribution in [2.75, 3.05) is 47.8 Å². The molecule has 2 aromatic rings. The average molecular weight is 533 g/mol. The molecule has 2 aliphatic carbocycles. The molecule has 8 nitrogen and oxygen atoms in total. The van der Waals surface area contributed by atoms with E-state index < -0.39 is 0 Å². The third kappa shape index (κ3) is 4.45. The largest absolute Gasteiger partial charge is 0.368 e. The Morgan fingerprint density at radius 3 is 0.825 bits per heavy atom. The van der Waals surface area contributed by atoms with Gasteiger partial charge < -0.3 is 19.6 Å². The Kier molecular flexibility index (Phi) is 7.47. The van der Waals surface area contributed by atoms with Gasteiger partial charge in [-0.2, -0.15) is 21.0 Å². The molecule has 8 heteroatoms. The van der Waals surface area contributed by atoms with Gasteiger partial charge >= 0.3 is 0 Å². The summed E-state index contributed by atoms with van der Waals surface area (Å²) in [5.74, 6) is 0. The Morgan fingerprint density at radius 2 is 0.650 bits per heavy atom. The van der Waals surface area contributed by atoms with Gasteiger partial charge in [-0.1, -0.05) is 25.7 Å². The highest BCUT2D eigenvalue weighted by Gasteiger charge is 2.39. The zero-order chi connectivity index (χ0) is 28.6. The first-order valence-corrected chi connectivity index (χ1v) is 14.2. The van der Waals surface area contributed by atoms with E-state index >= 15 is 0 Å².